The molecule has 1 aromatic rings. The highest BCUT2D eigenvalue weighted by Gasteiger charge is 2.11. The predicted octanol–water partition coefficient (Wildman–Crippen LogP) is 0.349. The Morgan fingerprint density at radius 1 is 1.29 bits per heavy atom. The molecular weight excluding hydrogens is 179 g/mol. The second-order valence-electron chi connectivity index (χ2n) is 3.17. The van der Waals surface area contributed by atoms with Gasteiger partial charge in [0.1, 0.15) is 0 Å². The van der Waals surface area contributed by atoms with Gasteiger partial charge in [-0.25, -0.2) is 0 Å². The first-order valence-electron chi connectivity index (χ1n) is 4.64. The van der Waals surface area contributed by atoms with Gasteiger partial charge in [0.15, 0.2) is 5.78 Å². The molecule has 0 amide bonds. The second-order valence-corrected chi connectivity index (χ2v) is 3.17. The molecule has 0 fully saturated rings. The van der Waals surface area contributed by atoms with Crippen LogP contribution in [0.25, 0.3) is 0 Å². The summed E-state index contributed by atoms with van der Waals surface area (Å²) in [6.45, 7) is 1.95. The van der Waals surface area contributed by atoms with Crippen molar-refractivity contribution in [1.82, 2.24) is 0 Å². The van der Waals surface area contributed by atoms with Gasteiger partial charge in [0.2, 0.25) is 0 Å². The molecule has 0 atom stereocenters. The first-order valence-corrected chi connectivity index (χ1v) is 4.64. The maximum Gasteiger partial charge on any atom is 0.488 e. The fourth-order valence-electron chi connectivity index (χ4n) is 1.21. The molecule has 0 aliphatic carbocycles. The second kappa shape index (κ2) is 4.93. The lowest BCUT2D eigenvalue weighted by Gasteiger charge is -2.01. The number of benzene rings is 1. The summed E-state index contributed by atoms with van der Waals surface area (Å²) in [4.78, 5) is 11.4. The summed E-state index contributed by atoms with van der Waals surface area (Å²) in [7, 11) is -1.47. The smallest absolute Gasteiger partial charge is 0.423 e. The van der Waals surface area contributed by atoms with Crippen molar-refractivity contribution in [3.05, 3.63) is 29.8 Å². The van der Waals surface area contributed by atoms with Crippen molar-refractivity contribution in [2.24, 2.45) is 0 Å². The van der Waals surface area contributed by atoms with Crippen molar-refractivity contribution in [1.29, 1.82) is 0 Å². The normalized spacial score (nSPS) is 9.93. The standard InChI is InChI=1S/C10H13BO3/c1-2-3-10(12)8-4-6-9(7-5-8)11(13)14/h4-7,13-14H,2-3H2,1H3. The summed E-state index contributed by atoms with van der Waals surface area (Å²) >= 11 is 0. The molecule has 4 heteroatoms. The van der Waals surface area contributed by atoms with Gasteiger partial charge >= 0.3 is 7.12 Å². The van der Waals surface area contributed by atoms with E-state index in [1.54, 1.807) is 24.3 Å². The molecular formula is C10H13BO3. The zero-order chi connectivity index (χ0) is 10.6. The third-order valence-electron chi connectivity index (χ3n) is 2.01. The van der Waals surface area contributed by atoms with E-state index in [9.17, 15) is 4.79 Å². The molecule has 0 heterocycles. The van der Waals surface area contributed by atoms with Crippen LogP contribution in [0, 0.1) is 0 Å². The third-order valence-corrected chi connectivity index (χ3v) is 2.01. The van der Waals surface area contributed by atoms with Crippen molar-refractivity contribution in [2.75, 3.05) is 0 Å². The Bertz CT molecular complexity index is 306. The molecule has 0 spiro atoms. The molecule has 2 N–H and O–H groups in total. The van der Waals surface area contributed by atoms with E-state index in [-0.39, 0.29) is 5.78 Å². The zero-order valence-corrected chi connectivity index (χ0v) is 8.10. The largest absolute Gasteiger partial charge is 0.488 e. The molecule has 0 saturated carbocycles. The predicted molar refractivity (Wildman–Crippen MR) is 55.5 cm³/mol. The molecule has 0 unspecified atom stereocenters. The van der Waals surface area contributed by atoms with Crippen LogP contribution >= 0.6 is 0 Å². The Balaban J connectivity index is 2.78. The van der Waals surface area contributed by atoms with Crippen LogP contribution in [0.5, 0.6) is 0 Å². The number of carbonyl (C=O) groups excluding carboxylic acids is 1. The van der Waals surface area contributed by atoms with Crippen LogP contribution in [-0.2, 0) is 0 Å². The maximum atomic E-state index is 11.4. The van der Waals surface area contributed by atoms with E-state index in [2.05, 4.69) is 0 Å². The van der Waals surface area contributed by atoms with Gasteiger partial charge in [-0.1, -0.05) is 31.2 Å². The summed E-state index contributed by atoms with van der Waals surface area (Å²) in [5.74, 6) is 0.0893. The van der Waals surface area contributed by atoms with E-state index in [1.807, 2.05) is 6.92 Å². The van der Waals surface area contributed by atoms with Crippen molar-refractivity contribution in [2.45, 2.75) is 19.8 Å². The topological polar surface area (TPSA) is 57.5 Å². The Morgan fingerprint density at radius 3 is 2.29 bits per heavy atom. The molecule has 0 aromatic heterocycles. The van der Waals surface area contributed by atoms with Gasteiger partial charge in [-0.2, -0.15) is 0 Å². The Hall–Kier alpha value is -1.13. The molecule has 0 saturated heterocycles. The average molecular weight is 192 g/mol. The van der Waals surface area contributed by atoms with E-state index >= 15 is 0 Å². The van der Waals surface area contributed by atoms with Crippen molar-refractivity contribution in [3.63, 3.8) is 0 Å². The number of Topliss-reactive ketones (excluding diaryl/α,β-unsaturated/α-hetero) is 1. The number of hydrogen-bond acceptors (Lipinski definition) is 3. The van der Waals surface area contributed by atoms with Crippen LogP contribution < -0.4 is 5.46 Å². The van der Waals surface area contributed by atoms with Crippen LogP contribution in [0.15, 0.2) is 24.3 Å². The highest BCUT2D eigenvalue weighted by Crippen LogP contribution is 2.03. The lowest BCUT2D eigenvalue weighted by Crippen LogP contribution is -2.29. The van der Waals surface area contributed by atoms with Gasteiger partial charge in [-0.15, -0.1) is 0 Å². The van der Waals surface area contributed by atoms with Gasteiger partial charge < -0.3 is 10.0 Å². The number of carbonyl (C=O) groups is 1. The molecule has 0 aliphatic heterocycles. The van der Waals surface area contributed by atoms with Crippen LogP contribution in [-0.4, -0.2) is 22.9 Å². The molecule has 1 rings (SSSR count). The third kappa shape index (κ3) is 2.68. The van der Waals surface area contributed by atoms with Crippen LogP contribution in [0.1, 0.15) is 30.1 Å². The Kier molecular flexibility index (Phi) is 3.86. The first-order chi connectivity index (χ1) is 6.65. The SMILES string of the molecule is CCCC(=O)c1ccc(B(O)O)cc1. The average Bonchev–Trinajstić information content (AvgIpc) is 2.18. The molecule has 0 radical (unpaired) electrons. The molecule has 14 heavy (non-hydrogen) atoms. The van der Waals surface area contributed by atoms with Gasteiger partial charge in [-0.3, -0.25) is 4.79 Å². The Labute approximate surface area is 83.5 Å². The highest BCUT2D eigenvalue weighted by atomic mass is 16.4. The van der Waals surface area contributed by atoms with Crippen molar-refractivity contribution in [3.8, 4) is 0 Å². The van der Waals surface area contributed by atoms with E-state index in [0.717, 1.165) is 6.42 Å². The minimum atomic E-state index is -1.47. The summed E-state index contributed by atoms with van der Waals surface area (Å²) in [6, 6.07) is 6.33. The maximum absolute atomic E-state index is 11.4. The zero-order valence-electron chi connectivity index (χ0n) is 8.10. The van der Waals surface area contributed by atoms with E-state index in [1.165, 1.54) is 0 Å². The van der Waals surface area contributed by atoms with Gasteiger partial charge in [-0.05, 0) is 11.9 Å². The summed E-state index contributed by atoms with van der Waals surface area (Å²) in [5, 5.41) is 17.7. The molecule has 0 aliphatic rings. The monoisotopic (exact) mass is 192 g/mol. The van der Waals surface area contributed by atoms with E-state index < -0.39 is 7.12 Å². The van der Waals surface area contributed by atoms with Crippen LogP contribution in [0.3, 0.4) is 0 Å². The summed E-state index contributed by atoms with van der Waals surface area (Å²) < 4.78 is 0. The fourth-order valence-corrected chi connectivity index (χ4v) is 1.21. The van der Waals surface area contributed by atoms with Crippen LogP contribution in [0.4, 0.5) is 0 Å². The summed E-state index contributed by atoms with van der Waals surface area (Å²) in [6.07, 6.45) is 1.35. The minimum absolute atomic E-state index is 0.0893. The lowest BCUT2D eigenvalue weighted by atomic mass is 9.80. The quantitative estimate of drug-likeness (QED) is 0.534. The van der Waals surface area contributed by atoms with E-state index in [0.29, 0.717) is 17.4 Å². The minimum Gasteiger partial charge on any atom is -0.423 e. The number of hydrogen-bond donors (Lipinski definition) is 2. The number of rotatable bonds is 4. The van der Waals surface area contributed by atoms with Crippen molar-refractivity contribution < 1.29 is 14.8 Å². The van der Waals surface area contributed by atoms with Crippen LogP contribution in [0.2, 0.25) is 0 Å². The van der Waals surface area contributed by atoms with E-state index in [4.69, 9.17) is 10.0 Å². The highest BCUT2D eigenvalue weighted by molar-refractivity contribution is 6.58. The molecule has 3 nitrogen and oxygen atoms in total. The number of ketones is 1. The Morgan fingerprint density at radius 2 is 1.86 bits per heavy atom. The fraction of sp³-hybridized carbons (Fsp3) is 0.300. The molecule has 1 aromatic carbocycles. The van der Waals surface area contributed by atoms with Gasteiger partial charge in [0.25, 0.3) is 0 Å². The summed E-state index contributed by atoms with van der Waals surface area (Å²) in [5.41, 5.74) is 1.02. The van der Waals surface area contributed by atoms with Gasteiger partial charge in [0, 0.05) is 12.0 Å². The lowest BCUT2D eigenvalue weighted by molar-refractivity contribution is 0.0981. The van der Waals surface area contributed by atoms with Crippen molar-refractivity contribution >= 4 is 18.4 Å². The molecule has 74 valence electrons. The first kappa shape index (κ1) is 11.0. The van der Waals surface area contributed by atoms with Gasteiger partial charge in [0.05, 0.1) is 0 Å². The molecule has 0 bridgehead atoms.